The van der Waals surface area contributed by atoms with E-state index in [1.165, 1.54) is 11.3 Å². The third-order valence-electron chi connectivity index (χ3n) is 2.91. The van der Waals surface area contributed by atoms with Crippen molar-refractivity contribution in [1.29, 1.82) is 0 Å². The minimum absolute atomic E-state index is 0.178. The van der Waals surface area contributed by atoms with Gasteiger partial charge < -0.3 is 10.4 Å². The summed E-state index contributed by atoms with van der Waals surface area (Å²) in [4.78, 5) is 16.5. The van der Waals surface area contributed by atoms with Gasteiger partial charge in [0.05, 0.1) is 10.2 Å². The molecule has 0 aliphatic rings. The number of phenolic OH excluding ortho intramolecular Hbond substituents is 1. The molecule has 0 saturated heterocycles. The number of fused-ring (bicyclic) bond motifs is 1. The number of aromatic hydroxyl groups is 1. The molecule has 0 atom stereocenters. The zero-order chi connectivity index (χ0) is 16.4. The van der Waals surface area contributed by atoms with E-state index in [2.05, 4.69) is 38.2 Å². The van der Waals surface area contributed by atoms with Gasteiger partial charge in [-0.25, -0.2) is 4.98 Å². The number of hydrogen-bond donors (Lipinski definition) is 3. The molecule has 2 aromatic carbocycles. The highest BCUT2D eigenvalue weighted by molar-refractivity contribution is 14.1. The van der Waals surface area contributed by atoms with E-state index in [0.717, 1.165) is 13.8 Å². The number of halogens is 1. The molecule has 5 nitrogen and oxygen atoms in total. The topological polar surface area (TPSA) is 74.2 Å². The summed E-state index contributed by atoms with van der Waals surface area (Å²) >= 11 is 8.63. The molecule has 0 aliphatic carbocycles. The van der Waals surface area contributed by atoms with Gasteiger partial charge in [-0.2, -0.15) is 0 Å². The maximum atomic E-state index is 12.1. The first-order chi connectivity index (χ1) is 11.0. The number of nitrogens with one attached hydrogen (secondary N) is 2. The van der Waals surface area contributed by atoms with Gasteiger partial charge in [-0.15, -0.1) is 0 Å². The van der Waals surface area contributed by atoms with Gasteiger partial charge in [0, 0.05) is 9.13 Å². The molecule has 23 heavy (non-hydrogen) atoms. The molecular weight excluding hydrogens is 445 g/mol. The van der Waals surface area contributed by atoms with Crippen molar-refractivity contribution >= 4 is 72.5 Å². The molecule has 0 fully saturated rings. The van der Waals surface area contributed by atoms with Crippen LogP contribution in [0.3, 0.4) is 0 Å². The van der Waals surface area contributed by atoms with E-state index >= 15 is 0 Å². The zero-order valence-corrected chi connectivity index (χ0v) is 15.3. The molecule has 1 heterocycles. The first-order valence-electron chi connectivity index (χ1n) is 6.49. The number of thiazole rings is 1. The average molecular weight is 455 g/mol. The Morgan fingerprint density at radius 2 is 2.09 bits per heavy atom. The van der Waals surface area contributed by atoms with Crippen molar-refractivity contribution in [2.24, 2.45) is 0 Å². The lowest BCUT2D eigenvalue weighted by molar-refractivity contribution is 0.0977. The van der Waals surface area contributed by atoms with Crippen molar-refractivity contribution in [2.45, 2.75) is 0 Å². The van der Waals surface area contributed by atoms with Crippen molar-refractivity contribution in [3.63, 3.8) is 0 Å². The third-order valence-corrected chi connectivity index (χ3v) is 4.72. The lowest BCUT2D eigenvalue weighted by Gasteiger charge is -2.07. The molecule has 0 aliphatic heterocycles. The highest BCUT2D eigenvalue weighted by atomic mass is 127. The lowest BCUT2D eigenvalue weighted by atomic mass is 10.2. The van der Waals surface area contributed by atoms with E-state index in [1.807, 2.05) is 12.1 Å². The van der Waals surface area contributed by atoms with Gasteiger partial charge in [0.1, 0.15) is 5.75 Å². The SMILES string of the molecule is O=C(NC(=S)Nc1nc2ccc(O)cc2s1)c1cccc(I)c1. The Balaban J connectivity index is 1.69. The minimum atomic E-state index is -0.278. The number of carbonyl (C=O) groups excluding carboxylic acids is 1. The highest BCUT2D eigenvalue weighted by Crippen LogP contribution is 2.28. The van der Waals surface area contributed by atoms with Gasteiger partial charge in [-0.05, 0) is 71.2 Å². The number of nitrogens with zero attached hydrogens (tertiary/aromatic N) is 1. The molecule has 1 aromatic heterocycles. The summed E-state index contributed by atoms with van der Waals surface area (Å²) in [6.07, 6.45) is 0. The van der Waals surface area contributed by atoms with Crippen LogP contribution in [0.25, 0.3) is 10.2 Å². The van der Waals surface area contributed by atoms with Crippen LogP contribution in [-0.2, 0) is 0 Å². The molecule has 3 aromatic rings. The van der Waals surface area contributed by atoms with E-state index in [4.69, 9.17) is 12.2 Å². The number of hydrogen-bond acceptors (Lipinski definition) is 5. The molecule has 3 rings (SSSR count). The maximum Gasteiger partial charge on any atom is 0.257 e. The maximum absolute atomic E-state index is 12.1. The highest BCUT2D eigenvalue weighted by Gasteiger charge is 2.10. The molecule has 0 radical (unpaired) electrons. The normalized spacial score (nSPS) is 10.5. The Morgan fingerprint density at radius 3 is 2.87 bits per heavy atom. The van der Waals surface area contributed by atoms with Gasteiger partial charge in [0.2, 0.25) is 0 Å². The Hall–Kier alpha value is -1.78. The fraction of sp³-hybridized carbons (Fsp3) is 0. The summed E-state index contributed by atoms with van der Waals surface area (Å²) in [6.45, 7) is 0. The van der Waals surface area contributed by atoms with Crippen molar-refractivity contribution in [1.82, 2.24) is 10.3 Å². The molecule has 116 valence electrons. The van der Waals surface area contributed by atoms with Gasteiger partial charge >= 0.3 is 0 Å². The van der Waals surface area contributed by atoms with Crippen LogP contribution in [0, 0.1) is 3.57 Å². The summed E-state index contributed by atoms with van der Waals surface area (Å²) in [5.41, 5.74) is 1.29. The average Bonchev–Trinajstić information content (AvgIpc) is 2.88. The van der Waals surface area contributed by atoms with Crippen molar-refractivity contribution in [3.8, 4) is 5.75 Å². The molecule has 0 unspecified atom stereocenters. The summed E-state index contributed by atoms with van der Waals surface area (Å²) in [6, 6.07) is 12.1. The number of aromatic nitrogens is 1. The van der Waals surface area contributed by atoms with Crippen molar-refractivity contribution < 1.29 is 9.90 Å². The largest absolute Gasteiger partial charge is 0.508 e. The molecule has 3 N–H and O–H groups in total. The monoisotopic (exact) mass is 455 g/mol. The van der Waals surface area contributed by atoms with Gasteiger partial charge in [0.25, 0.3) is 5.91 Å². The molecule has 0 bridgehead atoms. The van der Waals surface area contributed by atoms with Crippen LogP contribution in [0.5, 0.6) is 5.75 Å². The van der Waals surface area contributed by atoms with Gasteiger partial charge in [-0.1, -0.05) is 17.4 Å². The Morgan fingerprint density at radius 1 is 1.26 bits per heavy atom. The Bertz CT molecular complexity index is 911. The van der Waals surface area contributed by atoms with Gasteiger partial charge in [0.15, 0.2) is 10.2 Å². The second-order valence-corrected chi connectivity index (χ2v) is 7.27. The van der Waals surface area contributed by atoms with Crippen LogP contribution < -0.4 is 10.6 Å². The summed E-state index contributed by atoms with van der Waals surface area (Å²) < 4.78 is 1.80. The van der Waals surface area contributed by atoms with E-state index in [-0.39, 0.29) is 16.8 Å². The predicted molar refractivity (Wildman–Crippen MR) is 104 cm³/mol. The fourth-order valence-electron chi connectivity index (χ4n) is 1.90. The fourth-order valence-corrected chi connectivity index (χ4v) is 3.60. The molecular formula is C15H10IN3O2S2. The van der Waals surface area contributed by atoms with E-state index < -0.39 is 0 Å². The van der Waals surface area contributed by atoms with E-state index in [1.54, 1.807) is 30.3 Å². The predicted octanol–water partition coefficient (Wildman–Crippen LogP) is 3.73. The number of anilines is 1. The van der Waals surface area contributed by atoms with Crippen molar-refractivity contribution in [2.75, 3.05) is 5.32 Å². The number of benzene rings is 2. The van der Waals surface area contributed by atoms with Gasteiger partial charge in [-0.3, -0.25) is 10.1 Å². The third kappa shape index (κ3) is 3.95. The zero-order valence-electron chi connectivity index (χ0n) is 11.5. The van der Waals surface area contributed by atoms with Crippen molar-refractivity contribution in [3.05, 3.63) is 51.6 Å². The second-order valence-electron chi connectivity index (χ2n) is 4.59. The minimum Gasteiger partial charge on any atom is -0.508 e. The van der Waals surface area contributed by atoms with E-state index in [9.17, 15) is 9.90 Å². The number of rotatable bonds is 2. The lowest BCUT2D eigenvalue weighted by Crippen LogP contribution is -2.34. The van der Waals surface area contributed by atoms with Crippen LogP contribution in [-0.4, -0.2) is 21.1 Å². The smallest absolute Gasteiger partial charge is 0.257 e. The number of amides is 1. The molecule has 0 saturated carbocycles. The molecule has 0 spiro atoms. The van der Waals surface area contributed by atoms with Crippen LogP contribution in [0.1, 0.15) is 10.4 Å². The van der Waals surface area contributed by atoms with Crippen LogP contribution in [0.4, 0.5) is 5.13 Å². The summed E-state index contributed by atoms with van der Waals surface area (Å²) in [5, 5.41) is 15.7. The van der Waals surface area contributed by atoms with Crippen LogP contribution in [0.15, 0.2) is 42.5 Å². The second kappa shape index (κ2) is 6.77. The first-order valence-corrected chi connectivity index (χ1v) is 8.79. The van der Waals surface area contributed by atoms with Crippen LogP contribution >= 0.6 is 46.1 Å². The molecule has 1 amide bonds. The Labute approximate surface area is 154 Å². The number of carbonyl (C=O) groups is 1. The number of thiocarbonyl (C=S) groups is 1. The summed E-state index contributed by atoms with van der Waals surface area (Å²) in [5.74, 6) is -0.0953. The van der Waals surface area contributed by atoms with Crippen LogP contribution in [0.2, 0.25) is 0 Å². The standard InChI is InChI=1S/C15H10IN3O2S2/c16-9-3-1-2-8(6-9)13(21)18-14(22)19-15-17-11-5-4-10(20)7-12(11)23-15/h1-7,20H,(H2,17,18,19,21,22). The Kier molecular flexibility index (Phi) is 4.74. The molecule has 8 heteroatoms. The first kappa shape index (κ1) is 16.1. The van der Waals surface area contributed by atoms with E-state index in [0.29, 0.717) is 10.7 Å². The summed E-state index contributed by atoms with van der Waals surface area (Å²) in [7, 11) is 0. The number of phenols is 1. The quantitative estimate of drug-likeness (QED) is 0.406.